The number of anilines is 1. The van der Waals surface area contributed by atoms with Crippen molar-refractivity contribution < 1.29 is 4.79 Å². The van der Waals surface area contributed by atoms with E-state index in [2.05, 4.69) is 27.0 Å². The summed E-state index contributed by atoms with van der Waals surface area (Å²) in [7, 11) is 1.83. The lowest BCUT2D eigenvalue weighted by molar-refractivity contribution is -0.116. The molecule has 4 rings (SSSR count). The van der Waals surface area contributed by atoms with Crippen LogP contribution >= 0.6 is 24.0 Å². The summed E-state index contributed by atoms with van der Waals surface area (Å²) in [6.07, 6.45) is 8.84. The van der Waals surface area contributed by atoms with Crippen LogP contribution in [0.1, 0.15) is 56.4 Å². The molecule has 0 aromatic heterocycles. The van der Waals surface area contributed by atoms with Gasteiger partial charge in [-0.3, -0.25) is 9.79 Å². The van der Waals surface area contributed by atoms with Gasteiger partial charge in [-0.25, -0.2) is 0 Å². The quantitative estimate of drug-likeness (QED) is 0.347. The van der Waals surface area contributed by atoms with E-state index in [0.717, 1.165) is 30.0 Å². The molecule has 1 aromatic rings. The van der Waals surface area contributed by atoms with Gasteiger partial charge in [-0.1, -0.05) is 50.3 Å². The Kier molecular flexibility index (Phi) is 7.00. The highest BCUT2D eigenvalue weighted by Gasteiger charge is 2.43. The first-order valence-electron chi connectivity index (χ1n) is 10.1. The average molecular weight is 482 g/mol. The van der Waals surface area contributed by atoms with Gasteiger partial charge in [0.1, 0.15) is 0 Å². The van der Waals surface area contributed by atoms with E-state index in [-0.39, 0.29) is 35.8 Å². The molecule has 2 aliphatic carbocycles. The lowest BCUT2D eigenvalue weighted by atomic mass is 9.85. The molecular formula is C21H31IN4O. The Bertz CT molecular complexity index is 687. The maximum Gasteiger partial charge on any atom is 0.225 e. The van der Waals surface area contributed by atoms with Crippen molar-refractivity contribution in [3.63, 3.8) is 0 Å². The van der Waals surface area contributed by atoms with Gasteiger partial charge >= 0.3 is 0 Å². The molecule has 0 radical (unpaired) electrons. The van der Waals surface area contributed by atoms with E-state index < -0.39 is 0 Å². The Morgan fingerprint density at radius 3 is 2.78 bits per heavy atom. The summed E-state index contributed by atoms with van der Waals surface area (Å²) in [5.41, 5.74) is 2.15. The first-order chi connectivity index (χ1) is 12.7. The predicted octanol–water partition coefficient (Wildman–Crippen LogP) is 3.86. The lowest BCUT2D eigenvalue weighted by Gasteiger charge is -2.26. The molecular weight excluding hydrogens is 451 g/mol. The molecule has 0 spiro atoms. The molecule has 1 heterocycles. The van der Waals surface area contributed by atoms with Gasteiger partial charge in [0, 0.05) is 37.7 Å². The minimum atomic E-state index is 0. The van der Waals surface area contributed by atoms with Gasteiger partial charge in [0.15, 0.2) is 5.96 Å². The Morgan fingerprint density at radius 2 is 2.00 bits per heavy atom. The molecule has 3 aliphatic rings. The molecule has 6 heteroatoms. The minimum Gasteiger partial charge on any atom is -0.356 e. The number of nitrogens with zero attached hydrogens (tertiary/aromatic N) is 1. The fourth-order valence-corrected chi connectivity index (χ4v) is 4.74. The summed E-state index contributed by atoms with van der Waals surface area (Å²) < 4.78 is 0. The second-order valence-corrected chi connectivity index (χ2v) is 8.04. The van der Waals surface area contributed by atoms with Crippen molar-refractivity contribution in [2.75, 3.05) is 18.9 Å². The molecule has 148 valence electrons. The number of halogens is 1. The van der Waals surface area contributed by atoms with Gasteiger partial charge in [0.05, 0.1) is 0 Å². The van der Waals surface area contributed by atoms with Crippen LogP contribution in [0.3, 0.4) is 0 Å². The summed E-state index contributed by atoms with van der Waals surface area (Å²) >= 11 is 0. The number of benzene rings is 1. The number of hydrogen-bond acceptors (Lipinski definition) is 2. The van der Waals surface area contributed by atoms with Crippen LogP contribution in [-0.2, 0) is 4.79 Å². The molecule has 2 saturated carbocycles. The standard InChI is InChI=1S/C21H30N4O.HI/c1-22-21(25-19-12-17(19)14-7-3-2-4-8-14)23-13-15-11-20(26)24-18-10-6-5-9-16(15)18;/h5-6,9-10,14-15,17,19H,2-4,7-8,11-13H2,1H3,(H,24,26)(H2,22,23,25);1H. The first kappa shape index (κ1) is 20.4. The average Bonchev–Trinajstić information content (AvgIpc) is 3.44. The van der Waals surface area contributed by atoms with Crippen molar-refractivity contribution in [1.29, 1.82) is 0 Å². The molecule has 3 N–H and O–H groups in total. The molecule has 0 saturated heterocycles. The van der Waals surface area contributed by atoms with Gasteiger partial charge in [-0.15, -0.1) is 24.0 Å². The highest BCUT2D eigenvalue weighted by Crippen LogP contribution is 2.44. The third kappa shape index (κ3) is 4.95. The number of amides is 1. The van der Waals surface area contributed by atoms with E-state index in [0.29, 0.717) is 12.5 Å². The fraction of sp³-hybridized carbons (Fsp3) is 0.619. The number of carbonyl (C=O) groups is 1. The summed E-state index contributed by atoms with van der Waals surface area (Å²) in [5.74, 6) is 2.89. The zero-order valence-corrected chi connectivity index (χ0v) is 18.4. The summed E-state index contributed by atoms with van der Waals surface area (Å²) in [6, 6.07) is 8.66. The number of aliphatic imine (C=N–C) groups is 1. The van der Waals surface area contributed by atoms with Gasteiger partial charge in [0.2, 0.25) is 5.91 Å². The Hall–Kier alpha value is -1.31. The number of para-hydroxylation sites is 1. The lowest BCUT2D eigenvalue weighted by Crippen LogP contribution is -2.42. The number of guanidine groups is 1. The van der Waals surface area contributed by atoms with E-state index in [4.69, 9.17) is 0 Å². The van der Waals surface area contributed by atoms with Crippen molar-refractivity contribution in [3.05, 3.63) is 29.8 Å². The Labute approximate surface area is 179 Å². The van der Waals surface area contributed by atoms with E-state index in [1.807, 2.05) is 25.2 Å². The third-order valence-electron chi connectivity index (χ3n) is 6.26. The number of hydrogen-bond donors (Lipinski definition) is 3. The highest BCUT2D eigenvalue weighted by atomic mass is 127. The second-order valence-electron chi connectivity index (χ2n) is 8.04. The van der Waals surface area contributed by atoms with Crippen molar-refractivity contribution in [1.82, 2.24) is 10.6 Å². The van der Waals surface area contributed by atoms with Gasteiger partial charge < -0.3 is 16.0 Å². The topological polar surface area (TPSA) is 65.5 Å². The molecule has 27 heavy (non-hydrogen) atoms. The van der Waals surface area contributed by atoms with Gasteiger partial charge in [-0.05, 0) is 29.9 Å². The van der Waals surface area contributed by atoms with Crippen LogP contribution in [0, 0.1) is 11.8 Å². The molecule has 3 atom stereocenters. The zero-order chi connectivity index (χ0) is 17.9. The van der Waals surface area contributed by atoms with Crippen LogP contribution < -0.4 is 16.0 Å². The summed E-state index contributed by atoms with van der Waals surface area (Å²) in [4.78, 5) is 16.4. The molecule has 2 fully saturated rings. The maximum absolute atomic E-state index is 12.0. The molecule has 3 unspecified atom stereocenters. The largest absolute Gasteiger partial charge is 0.356 e. The molecule has 1 aliphatic heterocycles. The molecule has 1 amide bonds. The van der Waals surface area contributed by atoms with Crippen LogP contribution in [0.5, 0.6) is 0 Å². The number of rotatable bonds is 4. The predicted molar refractivity (Wildman–Crippen MR) is 121 cm³/mol. The SMILES string of the molecule is CN=C(NCC1CC(=O)Nc2ccccc21)NC1CC1C1CCCCC1.I. The normalized spacial score (nSPS) is 27.8. The van der Waals surface area contributed by atoms with Crippen molar-refractivity contribution in [2.45, 2.75) is 56.9 Å². The Balaban J connectivity index is 0.00000210. The van der Waals surface area contributed by atoms with Crippen LogP contribution in [-0.4, -0.2) is 31.5 Å². The van der Waals surface area contributed by atoms with Crippen LogP contribution in [0.15, 0.2) is 29.3 Å². The van der Waals surface area contributed by atoms with Gasteiger partial charge in [-0.2, -0.15) is 0 Å². The fourth-order valence-electron chi connectivity index (χ4n) is 4.74. The van der Waals surface area contributed by atoms with Gasteiger partial charge in [0.25, 0.3) is 0 Å². The van der Waals surface area contributed by atoms with E-state index in [1.165, 1.54) is 44.1 Å². The van der Waals surface area contributed by atoms with E-state index >= 15 is 0 Å². The maximum atomic E-state index is 12.0. The second kappa shape index (κ2) is 9.26. The molecule has 5 nitrogen and oxygen atoms in total. The van der Waals surface area contributed by atoms with E-state index in [1.54, 1.807) is 0 Å². The monoisotopic (exact) mass is 482 g/mol. The Morgan fingerprint density at radius 1 is 1.22 bits per heavy atom. The smallest absolute Gasteiger partial charge is 0.225 e. The minimum absolute atomic E-state index is 0. The number of carbonyl (C=O) groups excluding carboxylic acids is 1. The van der Waals surface area contributed by atoms with Crippen LogP contribution in [0.25, 0.3) is 0 Å². The van der Waals surface area contributed by atoms with Crippen LogP contribution in [0.2, 0.25) is 0 Å². The third-order valence-corrected chi connectivity index (χ3v) is 6.26. The van der Waals surface area contributed by atoms with Crippen molar-refractivity contribution in [3.8, 4) is 0 Å². The number of nitrogens with one attached hydrogen (secondary N) is 3. The van der Waals surface area contributed by atoms with E-state index in [9.17, 15) is 4.79 Å². The first-order valence-corrected chi connectivity index (χ1v) is 10.1. The highest BCUT2D eigenvalue weighted by molar-refractivity contribution is 14.0. The molecule has 0 bridgehead atoms. The molecule has 1 aromatic carbocycles. The zero-order valence-electron chi connectivity index (χ0n) is 16.0. The number of fused-ring (bicyclic) bond motifs is 1. The van der Waals surface area contributed by atoms with Crippen molar-refractivity contribution >= 4 is 41.5 Å². The van der Waals surface area contributed by atoms with Crippen LogP contribution in [0.4, 0.5) is 5.69 Å². The summed E-state index contributed by atoms with van der Waals surface area (Å²) in [5, 5.41) is 10.0. The van der Waals surface area contributed by atoms with Crippen molar-refractivity contribution in [2.24, 2.45) is 16.8 Å². The summed E-state index contributed by atoms with van der Waals surface area (Å²) in [6.45, 7) is 0.727.